The molecule has 22 heavy (non-hydrogen) atoms. The van der Waals surface area contributed by atoms with Crippen LogP contribution in [0, 0.1) is 6.92 Å². The molecule has 116 valence electrons. The van der Waals surface area contributed by atoms with Crippen LogP contribution in [-0.4, -0.2) is 50.2 Å². The van der Waals surface area contributed by atoms with Gasteiger partial charge in [-0.2, -0.15) is 0 Å². The lowest BCUT2D eigenvalue weighted by atomic mass is 10.1. The molecule has 1 aliphatic heterocycles. The summed E-state index contributed by atoms with van der Waals surface area (Å²) >= 11 is 0. The lowest BCUT2D eigenvalue weighted by molar-refractivity contribution is 0.312. The van der Waals surface area contributed by atoms with Gasteiger partial charge in [0.2, 0.25) is 0 Å². The van der Waals surface area contributed by atoms with Gasteiger partial charge >= 0.3 is 0 Å². The van der Waals surface area contributed by atoms with Crippen LogP contribution in [0.1, 0.15) is 5.69 Å². The number of hydrogen-bond donors (Lipinski definition) is 0. The first-order valence-corrected chi connectivity index (χ1v) is 7.72. The Morgan fingerprint density at radius 2 is 1.77 bits per heavy atom. The lowest BCUT2D eigenvalue weighted by Gasteiger charge is -2.33. The monoisotopic (exact) mass is 297 g/mol. The molecule has 2 aromatic rings. The van der Waals surface area contributed by atoms with Crippen LogP contribution in [0.3, 0.4) is 0 Å². The van der Waals surface area contributed by atoms with Crippen molar-refractivity contribution in [3.05, 3.63) is 42.1 Å². The van der Waals surface area contributed by atoms with Crippen LogP contribution in [-0.2, 0) is 0 Å². The summed E-state index contributed by atoms with van der Waals surface area (Å²) in [5.41, 5.74) is 3.41. The third kappa shape index (κ3) is 3.22. The topological polar surface area (TPSA) is 28.6 Å². The molecule has 0 N–H and O–H groups in total. The van der Waals surface area contributed by atoms with Gasteiger partial charge in [0.05, 0.1) is 7.11 Å². The summed E-state index contributed by atoms with van der Waals surface area (Å²) in [4.78, 5) is 9.45. The van der Waals surface area contributed by atoms with Gasteiger partial charge in [0.1, 0.15) is 11.6 Å². The highest BCUT2D eigenvalue weighted by atomic mass is 16.5. The molecule has 0 spiro atoms. The number of hydrogen-bond acceptors (Lipinski definition) is 4. The van der Waals surface area contributed by atoms with Crippen LogP contribution in [0.5, 0.6) is 5.75 Å². The highest BCUT2D eigenvalue weighted by molar-refractivity contribution is 5.68. The number of aromatic nitrogens is 1. The number of benzene rings is 1. The third-order valence-electron chi connectivity index (χ3n) is 4.17. The van der Waals surface area contributed by atoms with Crippen LogP contribution >= 0.6 is 0 Å². The van der Waals surface area contributed by atoms with Crippen LogP contribution in [0.15, 0.2) is 36.4 Å². The van der Waals surface area contributed by atoms with Crippen molar-refractivity contribution >= 4 is 5.82 Å². The van der Waals surface area contributed by atoms with Crippen molar-refractivity contribution in [2.24, 2.45) is 0 Å². The number of pyridine rings is 1. The van der Waals surface area contributed by atoms with E-state index in [2.05, 4.69) is 48.0 Å². The van der Waals surface area contributed by atoms with Crippen LogP contribution in [0.2, 0.25) is 0 Å². The van der Waals surface area contributed by atoms with Crippen LogP contribution in [0.4, 0.5) is 5.82 Å². The highest BCUT2D eigenvalue weighted by Crippen LogP contribution is 2.27. The Labute approximate surface area is 132 Å². The van der Waals surface area contributed by atoms with E-state index < -0.39 is 0 Å². The van der Waals surface area contributed by atoms with Crippen molar-refractivity contribution in [1.29, 1.82) is 0 Å². The molecule has 3 rings (SSSR count). The first kappa shape index (κ1) is 14.9. The molecular weight excluding hydrogens is 274 g/mol. The molecule has 0 aliphatic carbocycles. The Morgan fingerprint density at radius 1 is 1.00 bits per heavy atom. The van der Waals surface area contributed by atoms with Gasteiger partial charge in [0.15, 0.2) is 0 Å². The van der Waals surface area contributed by atoms with Gasteiger partial charge < -0.3 is 14.5 Å². The number of methoxy groups -OCH3 is 1. The fraction of sp³-hybridized carbons (Fsp3) is 0.389. The van der Waals surface area contributed by atoms with Gasteiger partial charge in [-0.25, -0.2) is 4.98 Å². The smallest absolute Gasteiger partial charge is 0.129 e. The third-order valence-corrected chi connectivity index (χ3v) is 4.17. The van der Waals surface area contributed by atoms with Crippen molar-refractivity contribution in [2.75, 3.05) is 45.2 Å². The van der Waals surface area contributed by atoms with Crippen LogP contribution < -0.4 is 9.64 Å². The summed E-state index contributed by atoms with van der Waals surface area (Å²) in [6.45, 7) is 6.30. The Kier molecular flexibility index (Phi) is 4.29. The fourth-order valence-electron chi connectivity index (χ4n) is 2.82. The largest absolute Gasteiger partial charge is 0.497 e. The highest BCUT2D eigenvalue weighted by Gasteiger charge is 2.16. The maximum atomic E-state index is 5.33. The molecule has 4 heteroatoms. The van der Waals surface area contributed by atoms with Crippen molar-refractivity contribution in [3.8, 4) is 16.9 Å². The number of rotatable bonds is 3. The van der Waals surface area contributed by atoms with Gasteiger partial charge in [-0.1, -0.05) is 12.1 Å². The Balaban J connectivity index is 1.92. The zero-order chi connectivity index (χ0) is 15.5. The van der Waals surface area contributed by atoms with E-state index in [-0.39, 0.29) is 0 Å². The minimum atomic E-state index is 0.883. The summed E-state index contributed by atoms with van der Waals surface area (Å²) in [5.74, 6) is 1.96. The summed E-state index contributed by atoms with van der Waals surface area (Å²) in [5, 5.41) is 0. The number of nitrogens with zero attached hydrogens (tertiary/aromatic N) is 3. The zero-order valence-corrected chi connectivity index (χ0v) is 13.5. The minimum Gasteiger partial charge on any atom is -0.497 e. The van der Waals surface area contributed by atoms with Gasteiger partial charge in [-0.05, 0) is 49.4 Å². The average molecular weight is 297 g/mol. The molecule has 4 nitrogen and oxygen atoms in total. The molecular formula is C18H23N3O. The second-order valence-electron chi connectivity index (χ2n) is 5.88. The Morgan fingerprint density at radius 3 is 2.50 bits per heavy atom. The maximum Gasteiger partial charge on any atom is 0.129 e. The minimum absolute atomic E-state index is 0.883. The first-order chi connectivity index (χ1) is 10.7. The predicted octanol–water partition coefficient (Wildman–Crippen LogP) is 2.82. The Bertz CT molecular complexity index is 649. The van der Waals surface area contributed by atoms with E-state index in [4.69, 9.17) is 9.72 Å². The van der Waals surface area contributed by atoms with Gasteiger partial charge in [-0.3, -0.25) is 0 Å². The zero-order valence-electron chi connectivity index (χ0n) is 13.5. The number of anilines is 1. The molecule has 0 bridgehead atoms. The van der Waals surface area contributed by atoms with E-state index in [1.165, 1.54) is 11.1 Å². The van der Waals surface area contributed by atoms with Gasteiger partial charge in [-0.15, -0.1) is 0 Å². The van der Waals surface area contributed by atoms with E-state index in [1.54, 1.807) is 7.11 Å². The van der Waals surface area contributed by atoms with E-state index in [1.807, 2.05) is 12.1 Å². The van der Waals surface area contributed by atoms with Gasteiger partial charge in [0, 0.05) is 31.9 Å². The molecule has 1 aliphatic rings. The second kappa shape index (κ2) is 6.36. The van der Waals surface area contributed by atoms with E-state index >= 15 is 0 Å². The molecule has 1 aromatic heterocycles. The second-order valence-corrected chi connectivity index (χ2v) is 5.88. The molecule has 0 atom stereocenters. The van der Waals surface area contributed by atoms with E-state index in [9.17, 15) is 0 Å². The van der Waals surface area contributed by atoms with Crippen molar-refractivity contribution in [3.63, 3.8) is 0 Å². The van der Waals surface area contributed by atoms with Gasteiger partial charge in [0.25, 0.3) is 0 Å². The molecule has 1 fully saturated rings. The summed E-state index contributed by atoms with van der Waals surface area (Å²) in [6.07, 6.45) is 0. The summed E-state index contributed by atoms with van der Waals surface area (Å²) in [7, 11) is 3.87. The predicted molar refractivity (Wildman–Crippen MR) is 90.7 cm³/mol. The normalized spacial score (nSPS) is 15.9. The van der Waals surface area contributed by atoms with Crippen molar-refractivity contribution in [1.82, 2.24) is 9.88 Å². The summed E-state index contributed by atoms with van der Waals surface area (Å²) in [6, 6.07) is 12.5. The Hall–Kier alpha value is -2.07. The standard InChI is InChI=1S/C18H23N3O/c1-14-11-16(15-5-4-6-17(12-15)22-3)13-18(19-14)21-9-7-20(2)8-10-21/h4-6,11-13H,7-10H2,1-3H3. The molecule has 1 saturated heterocycles. The SMILES string of the molecule is COc1cccc(-c2cc(C)nc(N3CCN(C)CC3)c2)c1. The molecule has 0 unspecified atom stereocenters. The molecule has 0 radical (unpaired) electrons. The van der Waals surface area contributed by atoms with Crippen molar-refractivity contribution in [2.45, 2.75) is 6.92 Å². The number of piperazine rings is 1. The molecule has 2 heterocycles. The van der Waals surface area contributed by atoms with Crippen molar-refractivity contribution < 1.29 is 4.74 Å². The molecule has 0 saturated carbocycles. The van der Waals surface area contributed by atoms with E-state index in [0.717, 1.165) is 43.4 Å². The van der Waals surface area contributed by atoms with Crippen LogP contribution in [0.25, 0.3) is 11.1 Å². The maximum absolute atomic E-state index is 5.33. The molecule has 1 aromatic carbocycles. The number of ether oxygens (including phenoxy) is 1. The fourth-order valence-corrected chi connectivity index (χ4v) is 2.82. The van der Waals surface area contributed by atoms with E-state index in [0.29, 0.717) is 0 Å². The molecule has 0 amide bonds. The number of aryl methyl sites for hydroxylation is 1. The first-order valence-electron chi connectivity index (χ1n) is 7.72. The quantitative estimate of drug-likeness (QED) is 0.871. The average Bonchev–Trinajstić information content (AvgIpc) is 2.55. The number of likely N-dealkylation sites (N-methyl/N-ethyl adjacent to an activating group) is 1. The lowest BCUT2D eigenvalue weighted by Crippen LogP contribution is -2.44. The summed E-state index contributed by atoms with van der Waals surface area (Å²) < 4.78 is 5.33.